The van der Waals surface area contributed by atoms with Crippen LogP contribution in [0, 0.1) is 0 Å². The highest BCUT2D eigenvalue weighted by atomic mass is 16.4. The first-order valence-corrected chi connectivity index (χ1v) is 8.70. The lowest BCUT2D eigenvalue weighted by Crippen LogP contribution is -2.31. The summed E-state index contributed by atoms with van der Waals surface area (Å²) in [6.45, 7) is 5.87. The molecule has 0 aromatic carbocycles. The number of nitrogens with zero attached hydrogens (tertiary/aromatic N) is 1. The zero-order valence-corrected chi connectivity index (χ0v) is 13.7. The first kappa shape index (κ1) is 19.3. The van der Waals surface area contributed by atoms with Crippen LogP contribution in [0.3, 0.4) is 0 Å². The summed E-state index contributed by atoms with van der Waals surface area (Å²) < 4.78 is 0. The van der Waals surface area contributed by atoms with Crippen molar-refractivity contribution in [3.63, 3.8) is 0 Å². The van der Waals surface area contributed by atoms with E-state index in [0.717, 1.165) is 25.9 Å². The quantitative estimate of drug-likeness (QED) is 0.417. The predicted molar refractivity (Wildman–Crippen MR) is 86.3 cm³/mol. The van der Waals surface area contributed by atoms with E-state index >= 15 is 0 Å². The highest BCUT2D eigenvalue weighted by Crippen LogP contribution is 2.09. The maximum absolute atomic E-state index is 11.2. The van der Waals surface area contributed by atoms with E-state index in [1.165, 1.54) is 64.2 Å². The molecule has 1 amide bonds. The molecule has 0 saturated carbocycles. The van der Waals surface area contributed by atoms with Gasteiger partial charge in [-0.3, -0.25) is 0 Å². The molecule has 0 aromatic rings. The van der Waals surface area contributed by atoms with E-state index in [1.807, 2.05) is 0 Å². The molecule has 3 heteroatoms. The van der Waals surface area contributed by atoms with Crippen molar-refractivity contribution < 1.29 is 9.90 Å². The number of carboxylic acid groups (broad SMARTS) is 1. The molecule has 0 saturated heterocycles. The summed E-state index contributed by atoms with van der Waals surface area (Å²) in [6, 6.07) is 0. The largest absolute Gasteiger partial charge is 0.465 e. The number of rotatable bonds is 14. The highest BCUT2D eigenvalue weighted by Gasteiger charge is 2.10. The molecule has 120 valence electrons. The van der Waals surface area contributed by atoms with Crippen molar-refractivity contribution >= 4 is 6.09 Å². The van der Waals surface area contributed by atoms with E-state index in [9.17, 15) is 9.90 Å². The Balaban J connectivity index is 3.53. The lowest BCUT2D eigenvalue weighted by Gasteiger charge is -2.19. The average molecular weight is 285 g/mol. The summed E-state index contributed by atoms with van der Waals surface area (Å²) in [6.07, 6.45) is 13.9. The monoisotopic (exact) mass is 285 g/mol. The van der Waals surface area contributed by atoms with Crippen LogP contribution < -0.4 is 0 Å². The van der Waals surface area contributed by atoms with Gasteiger partial charge in [0.2, 0.25) is 0 Å². The third-order valence-corrected chi connectivity index (χ3v) is 3.83. The van der Waals surface area contributed by atoms with Gasteiger partial charge in [-0.05, 0) is 12.8 Å². The molecule has 3 nitrogen and oxygen atoms in total. The number of unbranched alkanes of at least 4 members (excludes halogenated alkanes) is 10. The molecule has 1 N–H and O–H groups in total. The summed E-state index contributed by atoms with van der Waals surface area (Å²) in [7, 11) is 0. The van der Waals surface area contributed by atoms with E-state index in [1.54, 1.807) is 4.90 Å². The van der Waals surface area contributed by atoms with Gasteiger partial charge >= 0.3 is 6.09 Å². The molecule has 0 heterocycles. The molecule has 0 aromatic heterocycles. The summed E-state index contributed by atoms with van der Waals surface area (Å²) in [5.41, 5.74) is 0. The van der Waals surface area contributed by atoms with Crippen LogP contribution in [0.5, 0.6) is 0 Å². The third kappa shape index (κ3) is 12.3. The molecule has 0 spiro atoms. The van der Waals surface area contributed by atoms with Gasteiger partial charge in [-0.2, -0.15) is 0 Å². The third-order valence-electron chi connectivity index (χ3n) is 3.83. The second-order valence-corrected chi connectivity index (χ2v) is 5.81. The Bertz CT molecular complexity index is 203. The number of hydrogen-bond acceptors (Lipinski definition) is 1. The van der Waals surface area contributed by atoms with E-state index in [0.29, 0.717) is 0 Å². The van der Waals surface area contributed by atoms with Crippen molar-refractivity contribution in [1.82, 2.24) is 4.90 Å². The van der Waals surface area contributed by atoms with Crippen LogP contribution in [0.4, 0.5) is 4.79 Å². The van der Waals surface area contributed by atoms with Crippen LogP contribution in [0.25, 0.3) is 0 Å². The molecular formula is C17H35NO2. The average Bonchev–Trinajstić information content (AvgIpc) is 2.43. The SMILES string of the molecule is CCCCCCCCN(CCCCCCCC)C(=O)O. The molecule has 0 aliphatic heterocycles. The fourth-order valence-electron chi connectivity index (χ4n) is 2.47. The molecule has 0 atom stereocenters. The Hall–Kier alpha value is -0.730. The molecule has 0 aliphatic rings. The Morgan fingerprint density at radius 1 is 0.700 bits per heavy atom. The number of carbonyl (C=O) groups is 1. The minimum absolute atomic E-state index is 0.719. The van der Waals surface area contributed by atoms with Gasteiger partial charge in [-0.15, -0.1) is 0 Å². The van der Waals surface area contributed by atoms with Crippen LogP contribution in [0.1, 0.15) is 90.9 Å². The fraction of sp³-hybridized carbons (Fsp3) is 0.941. The molecule has 0 radical (unpaired) electrons. The van der Waals surface area contributed by atoms with Gasteiger partial charge in [0.15, 0.2) is 0 Å². The summed E-state index contributed by atoms with van der Waals surface area (Å²) in [5.74, 6) is 0. The molecule has 20 heavy (non-hydrogen) atoms. The smallest absolute Gasteiger partial charge is 0.407 e. The number of amides is 1. The molecule has 0 fully saturated rings. The van der Waals surface area contributed by atoms with Gasteiger partial charge in [-0.25, -0.2) is 4.79 Å². The zero-order chi connectivity index (χ0) is 15.1. The van der Waals surface area contributed by atoms with Crippen molar-refractivity contribution in [3.05, 3.63) is 0 Å². The Kier molecular flexibility index (Phi) is 14.1. The van der Waals surface area contributed by atoms with Crippen LogP contribution >= 0.6 is 0 Å². The predicted octanol–water partition coefficient (Wildman–Crippen LogP) is 5.69. The summed E-state index contributed by atoms with van der Waals surface area (Å²) >= 11 is 0. The topological polar surface area (TPSA) is 40.5 Å². The van der Waals surface area contributed by atoms with Gasteiger partial charge in [-0.1, -0.05) is 78.1 Å². The lowest BCUT2D eigenvalue weighted by atomic mass is 10.1. The van der Waals surface area contributed by atoms with Gasteiger partial charge < -0.3 is 10.0 Å². The molecule has 0 rings (SSSR count). The molecule has 0 bridgehead atoms. The van der Waals surface area contributed by atoms with Gasteiger partial charge in [0.05, 0.1) is 0 Å². The normalized spacial score (nSPS) is 10.7. The van der Waals surface area contributed by atoms with Gasteiger partial charge in [0, 0.05) is 13.1 Å². The van der Waals surface area contributed by atoms with Crippen LogP contribution in [0.2, 0.25) is 0 Å². The second kappa shape index (κ2) is 14.7. The Morgan fingerprint density at radius 2 is 1.05 bits per heavy atom. The van der Waals surface area contributed by atoms with Crippen molar-refractivity contribution in [2.24, 2.45) is 0 Å². The van der Waals surface area contributed by atoms with Crippen LogP contribution in [0.15, 0.2) is 0 Å². The van der Waals surface area contributed by atoms with Crippen LogP contribution in [-0.4, -0.2) is 29.2 Å². The maximum atomic E-state index is 11.2. The second-order valence-electron chi connectivity index (χ2n) is 5.81. The Labute approximate surface area is 125 Å². The minimum atomic E-state index is -0.743. The fourth-order valence-corrected chi connectivity index (χ4v) is 2.47. The molecule has 0 aliphatic carbocycles. The van der Waals surface area contributed by atoms with Gasteiger partial charge in [0.25, 0.3) is 0 Å². The first-order chi connectivity index (χ1) is 9.72. The van der Waals surface area contributed by atoms with E-state index < -0.39 is 6.09 Å². The standard InChI is InChI=1S/C17H35NO2/c1-3-5-7-9-11-13-15-18(17(19)20)16-14-12-10-8-6-4-2/h3-16H2,1-2H3,(H,19,20). The minimum Gasteiger partial charge on any atom is -0.465 e. The summed E-state index contributed by atoms with van der Waals surface area (Å²) in [4.78, 5) is 12.8. The van der Waals surface area contributed by atoms with Crippen molar-refractivity contribution in [2.45, 2.75) is 90.9 Å². The molecule has 0 unspecified atom stereocenters. The lowest BCUT2D eigenvalue weighted by molar-refractivity contribution is 0.143. The zero-order valence-electron chi connectivity index (χ0n) is 13.7. The van der Waals surface area contributed by atoms with Crippen LogP contribution in [-0.2, 0) is 0 Å². The van der Waals surface area contributed by atoms with E-state index in [4.69, 9.17) is 0 Å². The van der Waals surface area contributed by atoms with Crippen molar-refractivity contribution in [2.75, 3.05) is 13.1 Å². The highest BCUT2D eigenvalue weighted by molar-refractivity contribution is 5.64. The Morgan fingerprint density at radius 3 is 1.40 bits per heavy atom. The molecular weight excluding hydrogens is 250 g/mol. The van der Waals surface area contributed by atoms with Crippen molar-refractivity contribution in [3.8, 4) is 0 Å². The van der Waals surface area contributed by atoms with E-state index in [-0.39, 0.29) is 0 Å². The van der Waals surface area contributed by atoms with Gasteiger partial charge in [0.1, 0.15) is 0 Å². The summed E-state index contributed by atoms with van der Waals surface area (Å²) in [5, 5.41) is 9.18. The van der Waals surface area contributed by atoms with E-state index in [2.05, 4.69) is 13.8 Å². The maximum Gasteiger partial charge on any atom is 0.407 e. The number of hydrogen-bond donors (Lipinski definition) is 1. The van der Waals surface area contributed by atoms with Crippen molar-refractivity contribution in [1.29, 1.82) is 0 Å². The first-order valence-electron chi connectivity index (χ1n) is 8.70.